The highest BCUT2D eigenvalue weighted by molar-refractivity contribution is 6.01. The number of alkyl halides is 3. The van der Waals surface area contributed by atoms with Gasteiger partial charge in [-0.25, -0.2) is 4.99 Å². The minimum absolute atomic E-state index is 0.0177. The van der Waals surface area contributed by atoms with E-state index in [0.717, 1.165) is 22.8 Å². The molecule has 1 aliphatic rings. The molecule has 0 fully saturated rings. The van der Waals surface area contributed by atoms with Gasteiger partial charge in [0, 0.05) is 31.6 Å². The number of benzene rings is 5. The molecule has 49 heavy (non-hydrogen) atoms. The Bertz CT molecular complexity index is 1880. The molecule has 5 aromatic rings. The van der Waals surface area contributed by atoms with Crippen molar-refractivity contribution in [3.05, 3.63) is 161 Å². The number of aliphatic imine (C=N–C) groups is 1. The van der Waals surface area contributed by atoms with Crippen LogP contribution in [-0.4, -0.2) is 35.7 Å². The molecule has 6 rings (SSSR count). The zero-order valence-corrected chi connectivity index (χ0v) is 26.6. The number of ether oxygens (including phenoxy) is 2. The predicted molar refractivity (Wildman–Crippen MR) is 182 cm³/mol. The molecule has 0 radical (unpaired) electrons. The Morgan fingerprint density at radius 1 is 0.796 bits per heavy atom. The van der Waals surface area contributed by atoms with Crippen LogP contribution in [0.5, 0.6) is 5.75 Å². The third kappa shape index (κ3) is 7.68. The molecule has 0 bridgehead atoms. The summed E-state index contributed by atoms with van der Waals surface area (Å²) in [5, 5.41) is 11.9. The van der Waals surface area contributed by atoms with Crippen molar-refractivity contribution in [2.24, 2.45) is 4.99 Å². The molecule has 5 aromatic carbocycles. The fourth-order valence-electron chi connectivity index (χ4n) is 5.95. The normalized spacial score (nSPS) is 17.2. The Kier molecular flexibility index (Phi) is 10.1. The highest BCUT2D eigenvalue weighted by atomic mass is 19.4. The van der Waals surface area contributed by atoms with E-state index in [4.69, 9.17) is 19.6 Å². The van der Waals surface area contributed by atoms with Gasteiger partial charge in [0.15, 0.2) is 11.6 Å². The summed E-state index contributed by atoms with van der Waals surface area (Å²) in [4.78, 5) is 19.5. The fraction of sp³-hybridized carbons (Fsp3) is 0.200. The van der Waals surface area contributed by atoms with Gasteiger partial charge in [0.2, 0.25) is 5.90 Å². The van der Waals surface area contributed by atoms with Crippen LogP contribution < -0.4 is 10.1 Å². The van der Waals surface area contributed by atoms with Crippen LogP contribution in [0.25, 0.3) is 11.1 Å². The molecule has 0 saturated heterocycles. The summed E-state index contributed by atoms with van der Waals surface area (Å²) in [6, 6.07) is 39.2. The van der Waals surface area contributed by atoms with Crippen molar-refractivity contribution in [3.8, 4) is 16.9 Å². The zero-order chi connectivity index (χ0) is 34.3. The molecule has 6 nitrogen and oxygen atoms in total. The van der Waals surface area contributed by atoms with Gasteiger partial charge >= 0.3 is 6.18 Å². The number of aliphatic hydroxyl groups excluding tert-OH is 1. The quantitative estimate of drug-likeness (QED) is 0.133. The van der Waals surface area contributed by atoms with Crippen molar-refractivity contribution in [1.82, 2.24) is 5.32 Å². The molecular weight excluding hydrogens is 629 g/mol. The van der Waals surface area contributed by atoms with E-state index in [2.05, 4.69) is 5.32 Å². The molecule has 0 spiro atoms. The standard InChI is InChI=1S/C40H35F3N2O4/c41-40(42,43)35-15-8-7-14-33(35)27-44-38(47)39(26-28-10-3-1-4-11-28)36(31-18-16-30(17-19-31)29-12-5-2-6-13-29)49-37(45-39)32-20-22-34(23-21-32)48-25-9-24-46/h1-8,10-23,36,46H,9,24-27H2,(H,44,47)/t36-,39-/m1/s1. The van der Waals surface area contributed by atoms with Gasteiger partial charge in [0.25, 0.3) is 5.91 Å². The minimum atomic E-state index is -4.58. The van der Waals surface area contributed by atoms with Gasteiger partial charge in [0.1, 0.15) is 5.75 Å². The van der Waals surface area contributed by atoms with E-state index in [-0.39, 0.29) is 31.0 Å². The van der Waals surface area contributed by atoms with Gasteiger partial charge in [-0.3, -0.25) is 4.79 Å². The van der Waals surface area contributed by atoms with Crippen LogP contribution in [0.15, 0.2) is 138 Å². The van der Waals surface area contributed by atoms with Crippen LogP contribution in [-0.2, 0) is 28.7 Å². The lowest BCUT2D eigenvalue weighted by Gasteiger charge is -2.31. The van der Waals surface area contributed by atoms with Crippen molar-refractivity contribution in [2.45, 2.75) is 37.2 Å². The van der Waals surface area contributed by atoms with Gasteiger partial charge in [0.05, 0.1) is 12.2 Å². The molecule has 250 valence electrons. The summed E-state index contributed by atoms with van der Waals surface area (Å²) in [5.41, 5.74) is 1.65. The maximum atomic E-state index is 14.5. The Labute approximate surface area is 282 Å². The first kappa shape index (κ1) is 33.5. The van der Waals surface area contributed by atoms with Crippen LogP contribution in [0.1, 0.15) is 40.3 Å². The molecule has 1 amide bonds. The molecular formula is C40H35F3N2O4. The molecule has 1 aliphatic heterocycles. The Hall–Kier alpha value is -5.41. The molecule has 0 aromatic heterocycles. The lowest BCUT2D eigenvalue weighted by molar-refractivity contribution is -0.138. The van der Waals surface area contributed by atoms with Crippen LogP contribution in [0.3, 0.4) is 0 Å². The summed E-state index contributed by atoms with van der Waals surface area (Å²) < 4.78 is 53.8. The number of rotatable bonds is 12. The van der Waals surface area contributed by atoms with E-state index in [0.29, 0.717) is 29.9 Å². The Morgan fingerprint density at radius 3 is 2.08 bits per heavy atom. The monoisotopic (exact) mass is 664 g/mol. The number of carbonyl (C=O) groups is 1. The van der Waals surface area contributed by atoms with E-state index in [1.54, 1.807) is 24.3 Å². The van der Waals surface area contributed by atoms with Crippen LogP contribution >= 0.6 is 0 Å². The Morgan fingerprint density at radius 2 is 1.41 bits per heavy atom. The number of nitrogens with one attached hydrogen (secondary N) is 1. The number of hydrogen-bond donors (Lipinski definition) is 2. The summed E-state index contributed by atoms with van der Waals surface area (Å²) in [5.74, 6) is 0.255. The first-order chi connectivity index (χ1) is 23.8. The number of carbonyl (C=O) groups excluding carboxylic acids is 1. The molecule has 1 heterocycles. The summed E-state index contributed by atoms with van der Waals surface area (Å²) in [7, 11) is 0. The van der Waals surface area contributed by atoms with Gasteiger partial charge in [-0.05, 0) is 58.1 Å². The smallest absolute Gasteiger partial charge is 0.416 e. The first-order valence-corrected chi connectivity index (χ1v) is 16.0. The maximum Gasteiger partial charge on any atom is 0.416 e. The molecule has 0 unspecified atom stereocenters. The van der Waals surface area contributed by atoms with Crippen LogP contribution in [0, 0.1) is 0 Å². The third-order valence-corrected chi connectivity index (χ3v) is 8.43. The maximum absolute atomic E-state index is 14.5. The van der Waals surface area contributed by atoms with Gasteiger partial charge in [-0.15, -0.1) is 0 Å². The zero-order valence-electron chi connectivity index (χ0n) is 26.6. The summed E-state index contributed by atoms with van der Waals surface area (Å²) >= 11 is 0. The fourth-order valence-corrected chi connectivity index (χ4v) is 5.95. The van der Waals surface area contributed by atoms with Crippen LogP contribution in [0.2, 0.25) is 0 Å². The molecule has 0 aliphatic carbocycles. The molecule has 2 atom stereocenters. The second-order valence-electron chi connectivity index (χ2n) is 11.8. The average Bonchev–Trinajstić information content (AvgIpc) is 3.52. The van der Waals surface area contributed by atoms with Crippen LogP contribution in [0.4, 0.5) is 13.2 Å². The van der Waals surface area contributed by atoms with E-state index in [1.165, 1.54) is 18.2 Å². The van der Waals surface area contributed by atoms with E-state index >= 15 is 0 Å². The van der Waals surface area contributed by atoms with Crippen molar-refractivity contribution < 1.29 is 32.5 Å². The highest BCUT2D eigenvalue weighted by Gasteiger charge is 2.53. The second-order valence-corrected chi connectivity index (χ2v) is 11.8. The number of halogens is 3. The average molecular weight is 665 g/mol. The van der Waals surface area contributed by atoms with E-state index in [1.807, 2.05) is 84.9 Å². The second kappa shape index (κ2) is 14.8. The number of aliphatic hydroxyl groups is 1. The molecule has 2 N–H and O–H groups in total. The summed E-state index contributed by atoms with van der Waals surface area (Å²) in [6.45, 7) is 0.0193. The minimum Gasteiger partial charge on any atom is -0.494 e. The van der Waals surface area contributed by atoms with E-state index < -0.39 is 29.3 Å². The Balaban J connectivity index is 1.41. The predicted octanol–water partition coefficient (Wildman–Crippen LogP) is 7.95. The van der Waals surface area contributed by atoms with Crippen molar-refractivity contribution in [3.63, 3.8) is 0 Å². The summed E-state index contributed by atoms with van der Waals surface area (Å²) in [6.07, 6.45) is -4.88. The van der Waals surface area contributed by atoms with Gasteiger partial charge < -0.3 is 19.9 Å². The van der Waals surface area contributed by atoms with Crippen molar-refractivity contribution in [1.29, 1.82) is 0 Å². The lowest BCUT2D eigenvalue weighted by atomic mass is 9.81. The molecule has 9 heteroatoms. The topological polar surface area (TPSA) is 80.2 Å². The highest BCUT2D eigenvalue weighted by Crippen LogP contribution is 2.43. The SMILES string of the molecule is O=C(NCc1ccccc1C(F)(F)F)[C@]1(Cc2ccccc2)N=C(c2ccc(OCCCO)cc2)O[C@@H]1c1ccc(-c2ccccc2)cc1. The van der Waals surface area contributed by atoms with Gasteiger partial charge in [-0.1, -0.05) is 103 Å². The molecule has 0 saturated carbocycles. The lowest BCUT2D eigenvalue weighted by Crippen LogP contribution is -2.49. The van der Waals surface area contributed by atoms with E-state index in [9.17, 15) is 18.0 Å². The van der Waals surface area contributed by atoms with Crippen molar-refractivity contribution in [2.75, 3.05) is 13.2 Å². The number of nitrogens with zero attached hydrogens (tertiary/aromatic N) is 1. The van der Waals surface area contributed by atoms with Crippen molar-refractivity contribution >= 4 is 11.8 Å². The largest absolute Gasteiger partial charge is 0.494 e. The number of hydrogen-bond acceptors (Lipinski definition) is 5. The third-order valence-electron chi connectivity index (χ3n) is 8.43. The van der Waals surface area contributed by atoms with Gasteiger partial charge in [-0.2, -0.15) is 13.2 Å². The number of amides is 1. The first-order valence-electron chi connectivity index (χ1n) is 16.0.